The van der Waals surface area contributed by atoms with Crippen molar-refractivity contribution in [3.8, 4) is 50.7 Å². The lowest BCUT2D eigenvalue weighted by Gasteiger charge is -2.14. The summed E-state index contributed by atoms with van der Waals surface area (Å²) >= 11 is 0. The average Bonchev–Trinajstić information content (AvgIpc) is 3.64. The number of hydrogen-bond acceptors (Lipinski definition) is 2. The number of nitrogens with zero attached hydrogens (tertiary/aromatic N) is 3. The summed E-state index contributed by atoms with van der Waals surface area (Å²) < 4.78 is 2.35. The molecule has 0 aliphatic carbocycles. The summed E-state index contributed by atoms with van der Waals surface area (Å²) in [7, 11) is 0. The lowest BCUT2D eigenvalue weighted by molar-refractivity contribution is 1.05. The molecule has 0 aliphatic rings. The van der Waals surface area contributed by atoms with Crippen molar-refractivity contribution in [3.63, 3.8) is 0 Å². The van der Waals surface area contributed by atoms with Gasteiger partial charge in [-0.05, 0) is 102 Å². The second kappa shape index (κ2) is 13.4. The number of fused-ring (bicyclic) bond motifs is 10. The van der Waals surface area contributed by atoms with Gasteiger partial charge >= 0.3 is 0 Å². The first-order valence-corrected chi connectivity index (χ1v) is 20.1. The highest BCUT2D eigenvalue weighted by atomic mass is 15.1. The maximum absolute atomic E-state index is 5.36. The van der Waals surface area contributed by atoms with E-state index < -0.39 is 0 Å². The molecule has 0 N–H and O–H groups in total. The molecule has 0 saturated heterocycles. The predicted octanol–water partition coefficient (Wildman–Crippen LogP) is 14.9. The summed E-state index contributed by atoms with van der Waals surface area (Å²) in [6.45, 7) is 0. The summed E-state index contributed by atoms with van der Waals surface area (Å²) in [5.41, 5.74) is 9.89. The zero-order valence-electron chi connectivity index (χ0n) is 32.0. The van der Waals surface area contributed by atoms with Crippen molar-refractivity contribution in [1.82, 2.24) is 14.5 Å². The standard InChI is InChI=1S/C56H35N3/c1-4-14-36(15-5-1)42-27-29-53-50(32-42)51-33-48-45-23-13-12-22-44(45)47-31-43(41-25-24-37-16-10-11-21-40(37)30-41)26-28-46(47)49(48)34-54(51)59(53)55-35-52(38-17-6-2-7-18-38)57-56(58-55)39-19-8-3-9-20-39/h1-35H. The molecule has 3 nitrogen and oxygen atoms in total. The van der Waals surface area contributed by atoms with Crippen molar-refractivity contribution in [3.05, 3.63) is 212 Å². The third-order valence-corrected chi connectivity index (χ3v) is 12.0. The molecule has 0 bridgehead atoms. The topological polar surface area (TPSA) is 30.7 Å². The molecule has 0 amide bonds. The second-order valence-electron chi connectivity index (χ2n) is 15.4. The maximum atomic E-state index is 5.36. The number of rotatable bonds is 5. The van der Waals surface area contributed by atoms with Gasteiger partial charge in [-0.25, -0.2) is 9.97 Å². The lowest BCUT2D eigenvalue weighted by atomic mass is 9.91. The Kier molecular flexibility index (Phi) is 7.54. The van der Waals surface area contributed by atoms with Crippen LogP contribution in [-0.4, -0.2) is 14.5 Å². The minimum absolute atomic E-state index is 0.691. The monoisotopic (exact) mass is 749 g/mol. The molecule has 0 saturated carbocycles. The molecule has 0 unspecified atom stereocenters. The highest BCUT2D eigenvalue weighted by molar-refractivity contribution is 6.29. The Balaban J connectivity index is 1.18. The highest BCUT2D eigenvalue weighted by Gasteiger charge is 2.20. The third kappa shape index (κ3) is 5.51. The molecule has 10 aromatic carbocycles. The summed E-state index contributed by atoms with van der Waals surface area (Å²) in [6.07, 6.45) is 0. The van der Waals surface area contributed by atoms with Gasteiger partial charge in [-0.3, -0.25) is 4.57 Å². The average molecular weight is 750 g/mol. The fourth-order valence-electron chi connectivity index (χ4n) is 9.09. The third-order valence-electron chi connectivity index (χ3n) is 12.0. The van der Waals surface area contributed by atoms with Gasteiger partial charge in [-0.1, -0.05) is 170 Å². The van der Waals surface area contributed by atoms with E-state index in [9.17, 15) is 0 Å². The van der Waals surface area contributed by atoms with Crippen LogP contribution in [0.3, 0.4) is 0 Å². The van der Waals surface area contributed by atoms with Gasteiger partial charge in [0.1, 0.15) is 5.82 Å². The van der Waals surface area contributed by atoms with E-state index in [1.807, 2.05) is 24.3 Å². The Morgan fingerprint density at radius 2 is 0.797 bits per heavy atom. The summed E-state index contributed by atoms with van der Waals surface area (Å²) in [6, 6.07) is 76.5. The number of aromatic nitrogens is 3. The van der Waals surface area contributed by atoms with E-state index in [1.165, 1.54) is 76.1 Å². The molecular formula is C56H35N3. The molecule has 2 heterocycles. The van der Waals surface area contributed by atoms with Crippen LogP contribution in [0, 0.1) is 0 Å². The van der Waals surface area contributed by atoms with Crippen LogP contribution in [0.1, 0.15) is 0 Å². The fraction of sp³-hybridized carbons (Fsp3) is 0. The molecule has 12 rings (SSSR count). The van der Waals surface area contributed by atoms with Gasteiger partial charge in [-0.2, -0.15) is 0 Å². The summed E-state index contributed by atoms with van der Waals surface area (Å²) in [4.78, 5) is 10.5. The van der Waals surface area contributed by atoms with Crippen LogP contribution in [0.4, 0.5) is 0 Å². The Bertz CT molecular complexity index is 3530. The highest BCUT2D eigenvalue weighted by Crippen LogP contribution is 2.43. The zero-order valence-corrected chi connectivity index (χ0v) is 32.0. The molecule has 0 aliphatic heterocycles. The summed E-state index contributed by atoms with van der Waals surface area (Å²) in [5.74, 6) is 1.52. The predicted molar refractivity (Wildman–Crippen MR) is 248 cm³/mol. The molecule has 59 heavy (non-hydrogen) atoms. The van der Waals surface area contributed by atoms with Crippen molar-refractivity contribution in [2.45, 2.75) is 0 Å². The molecule has 0 spiro atoms. The van der Waals surface area contributed by atoms with Crippen LogP contribution in [-0.2, 0) is 0 Å². The van der Waals surface area contributed by atoms with Gasteiger partial charge in [-0.15, -0.1) is 0 Å². The van der Waals surface area contributed by atoms with E-state index in [4.69, 9.17) is 9.97 Å². The SMILES string of the molecule is c1ccc(-c2ccc3c(c2)c2cc4c5ccccc5c5cc(-c6ccc7ccccc7c6)ccc5c4cc2n3-c2cc(-c3ccccc3)nc(-c3ccccc3)n2)cc1. The van der Waals surface area contributed by atoms with Crippen molar-refractivity contribution in [1.29, 1.82) is 0 Å². The summed E-state index contributed by atoms with van der Waals surface area (Å²) in [5, 5.41) is 12.3. The van der Waals surface area contributed by atoms with Crippen molar-refractivity contribution in [2.75, 3.05) is 0 Å². The van der Waals surface area contributed by atoms with E-state index in [0.717, 1.165) is 33.7 Å². The van der Waals surface area contributed by atoms with Gasteiger partial charge in [0.15, 0.2) is 5.82 Å². The quantitative estimate of drug-likeness (QED) is 0.164. The van der Waals surface area contributed by atoms with E-state index in [-0.39, 0.29) is 0 Å². The van der Waals surface area contributed by atoms with Gasteiger partial charge < -0.3 is 0 Å². The Morgan fingerprint density at radius 1 is 0.271 bits per heavy atom. The van der Waals surface area contributed by atoms with Crippen molar-refractivity contribution in [2.24, 2.45) is 0 Å². The molecule has 0 radical (unpaired) electrons. The smallest absolute Gasteiger partial charge is 0.162 e. The Hall–Kier alpha value is -7.88. The van der Waals surface area contributed by atoms with Gasteiger partial charge in [0.25, 0.3) is 0 Å². The normalized spacial score (nSPS) is 11.7. The van der Waals surface area contributed by atoms with Crippen LogP contribution < -0.4 is 0 Å². The molecule has 2 aromatic heterocycles. The van der Waals surface area contributed by atoms with Crippen molar-refractivity contribution >= 4 is 64.9 Å². The first kappa shape index (κ1) is 33.3. The van der Waals surface area contributed by atoms with Crippen LogP contribution in [0.25, 0.3) is 116 Å². The van der Waals surface area contributed by atoms with E-state index >= 15 is 0 Å². The molecule has 0 atom stereocenters. The first-order chi connectivity index (χ1) is 29.2. The Morgan fingerprint density at radius 3 is 1.56 bits per heavy atom. The van der Waals surface area contributed by atoms with Gasteiger partial charge in [0, 0.05) is 28.0 Å². The van der Waals surface area contributed by atoms with Crippen LogP contribution in [0.15, 0.2) is 212 Å². The van der Waals surface area contributed by atoms with E-state index in [2.05, 4.69) is 193 Å². The molecule has 3 heteroatoms. The minimum atomic E-state index is 0.691. The maximum Gasteiger partial charge on any atom is 0.162 e. The first-order valence-electron chi connectivity index (χ1n) is 20.1. The lowest BCUT2D eigenvalue weighted by Crippen LogP contribution is -2.02. The zero-order chi connectivity index (χ0) is 38.9. The number of benzene rings is 10. The van der Waals surface area contributed by atoms with E-state index in [0.29, 0.717) is 5.82 Å². The van der Waals surface area contributed by atoms with Gasteiger partial charge in [0.05, 0.1) is 16.7 Å². The van der Waals surface area contributed by atoms with Crippen LogP contribution >= 0.6 is 0 Å². The Labute approximate surface area is 341 Å². The number of hydrogen-bond donors (Lipinski definition) is 0. The van der Waals surface area contributed by atoms with Crippen LogP contribution in [0.5, 0.6) is 0 Å². The van der Waals surface area contributed by atoms with Crippen LogP contribution in [0.2, 0.25) is 0 Å². The van der Waals surface area contributed by atoms with E-state index in [1.54, 1.807) is 0 Å². The molecular weight excluding hydrogens is 715 g/mol. The largest absolute Gasteiger partial charge is 0.294 e. The minimum Gasteiger partial charge on any atom is -0.294 e. The van der Waals surface area contributed by atoms with Gasteiger partial charge in [0.2, 0.25) is 0 Å². The molecule has 274 valence electrons. The second-order valence-corrected chi connectivity index (χ2v) is 15.4. The fourth-order valence-corrected chi connectivity index (χ4v) is 9.09. The van der Waals surface area contributed by atoms with Crippen molar-refractivity contribution < 1.29 is 0 Å². The molecule has 0 fully saturated rings. The molecule has 12 aromatic rings.